The van der Waals surface area contributed by atoms with E-state index in [1.807, 2.05) is 13.8 Å². The molecule has 0 aliphatic carbocycles. The van der Waals surface area contributed by atoms with E-state index >= 15 is 0 Å². The zero-order valence-electron chi connectivity index (χ0n) is 17.1. The molecule has 0 saturated carbocycles. The van der Waals surface area contributed by atoms with E-state index in [-0.39, 0.29) is 36.7 Å². The fourth-order valence-corrected chi connectivity index (χ4v) is 3.46. The molecular weight excluding hydrogens is 406 g/mol. The Morgan fingerprint density at radius 2 is 1.87 bits per heavy atom. The van der Waals surface area contributed by atoms with E-state index in [0.717, 1.165) is 0 Å². The number of hydrogen-bond donors (Lipinski definition) is 2. The average molecular weight is 430 g/mol. The molecular formula is C22H24ClN3O4. The van der Waals surface area contributed by atoms with Crippen molar-refractivity contribution in [2.75, 3.05) is 23.9 Å². The van der Waals surface area contributed by atoms with E-state index < -0.39 is 5.92 Å². The minimum absolute atomic E-state index is 0.0535. The molecule has 3 amide bonds. The van der Waals surface area contributed by atoms with Crippen molar-refractivity contribution >= 4 is 40.7 Å². The maximum atomic E-state index is 12.9. The molecule has 0 spiro atoms. The first-order chi connectivity index (χ1) is 14.3. The molecule has 0 aromatic heterocycles. The zero-order chi connectivity index (χ0) is 21.8. The molecule has 0 radical (unpaired) electrons. The van der Waals surface area contributed by atoms with Crippen LogP contribution in [0.1, 0.15) is 30.6 Å². The third-order valence-corrected chi connectivity index (χ3v) is 5.02. The van der Waals surface area contributed by atoms with Crippen LogP contribution >= 0.6 is 11.6 Å². The first-order valence-corrected chi connectivity index (χ1v) is 10.0. The van der Waals surface area contributed by atoms with Crippen LogP contribution in [0.25, 0.3) is 0 Å². The molecule has 8 heteroatoms. The molecule has 158 valence electrons. The Morgan fingerprint density at radius 1 is 1.17 bits per heavy atom. The van der Waals surface area contributed by atoms with E-state index in [0.29, 0.717) is 27.7 Å². The summed E-state index contributed by atoms with van der Waals surface area (Å²) in [5.74, 6) is -0.629. The van der Waals surface area contributed by atoms with Gasteiger partial charge in [-0.05, 0) is 56.3 Å². The van der Waals surface area contributed by atoms with Gasteiger partial charge in [-0.25, -0.2) is 0 Å². The van der Waals surface area contributed by atoms with E-state index in [1.54, 1.807) is 48.4 Å². The van der Waals surface area contributed by atoms with Crippen molar-refractivity contribution in [3.05, 3.63) is 53.1 Å². The maximum absolute atomic E-state index is 12.9. The lowest BCUT2D eigenvalue weighted by molar-refractivity contribution is -0.122. The van der Waals surface area contributed by atoms with Gasteiger partial charge in [0.25, 0.3) is 5.91 Å². The minimum Gasteiger partial charge on any atom is -0.497 e. The summed E-state index contributed by atoms with van der Waals surface area (Å²) >= 11 is 6.07. The molecule has 2 aromatic carbocycles. The number of rotatable bonds is 6. The van der Waals surface area contributed by atoms with Crippen LogP contribution in [0.3, 0.4) is 0 Å². The fraction of sp³-hybridized carbons (Fsp3) is 0.318. The van der Waals surface area contributed by atoms with Crippen molar-refractivity contribution in [2.45, 2.75) is 26.3 Å². The third-order valence-electron chi connectivity index (χ3n) is 4.78. The molecule has 2 N–H and O–H groups in total. The van der Waals surface area contributed by atoms with Crippen LogP contribution in [0.4, 0.5) is 11.4 Å². The molecule has 0 bridgehead atoms. The predicted molar refractivity (Wildman–Crippen MR) is 116 cm³/mol. The number of anilines is 2. The number of halogens is 1. The van der Waals surface area contributed by atoms with Crippen molar-refractivity contribution in [3.8, 4) is 5.75 Å². The highest BCUT2D eigenvalue weighted by Crippen LogP contribution is 2.28. The van der Waals surface area contributed by atoms with Crippen molar-refractivity contribution in [2.24, 2.45) is 5.92 Å². The average Bonchev–Trinajstić information content (AvgIpc) is 3.09. The van der Waals surface area contributed by atoms with Gasteiger partial charge >= 0.3 is 0 Å². The van der Waals surface area contributed by atoms with Gasteiger partial charge in [-0.15, -0.1) is 0 Å². The molecule has 1 heterocycles. The fourth-order valence-electron chi connectivity index (χ4n) is 3.29. The maximum Gasteiger partial charge on any atom is 0.253 e. The molecule has 1 aliphatic heterocycles. The van der Waals surface area contributed by atoms with Crippen LogP contribution in [0.2, 0.25) is 5.02 Å². The highest BCUT2D eigenvalue weighted by atomic mass is 35.5. The Hall–Kier alpha value is -3.06. The van der Waals surface area contributed by atoms with Gasteiger partial charge in [0, 0.05) is 29.7 Å². The molecule has 30 heavy (non-hydrogen) atoms. The monoisotopic (exact) mass is 429 g/mol. The highest BCUT2D eigenvalue weighted by molar-refractivity contribution is 6.31. The largest absolute Gasteiger partial charge is 0.497 e. The quantitative estimate of drug-likeness (QED) is 0.735. The van der Waals surface area contributed by atoms with E-state index in [4.69, 9.17) is 16.3 Å². The number of carbonyl (C=O) groups is 3. The van der Waals surface area contributed by atoms with E-state index in [9.17, 15) is 14.4 Å². The lowest BCUT2D eigenvalue weighted by Crippen LogP contribution is -2.32. The van der Waals surface area contributed by atoms with Crippen molar-refractivity contribution in [1.29, 1.82) is 0 Å². The number of methoxy groups -OCH3 is 1. The third kappa shape index (κ3) is 4.91. The summed E-state index contributed by atoms with van der Waals surface area (Å²) in [5, 5.41) is 5.97. The summed E-state index contributed by atoms with van der Waals surface area (Å²) in [6.07, 6.45) is 0.0892. The summed E-state index contributed by atoms with van der Waals surface area (Å²) < 4.78 is 5.14. The van der Waals surface area contributed by atoms with Crippen LogP contribution in [0.15, 0.2) is 42.5 Å². The first-order valence-electron chi connectivity index (χ1n) is 9.64. The molecule has 1 unspecified atom stereocenters. The topological polar surface area (TPSA) is 87.7 Å². The summed E-state index contributed by atoms with van der Waals surface area (Å²) in [7, 11) is 1.57. The molecule has 1 aliphatic rings. The van der Waals surface area contributed by atoms with Gasteiger partial charge < -0.3 is 20.3 Å². The van der Waals surface area contributed by atoms with Gasteiger partial charge in [0.05, 0.1) is 24.3 Å². The van der Waals surface area contributed by atoms with Crippen LogP contribution in [0, 0.1) is 5.92 Å². The second kappa shape index (κ2) is 9.17. The molecule has 1 fully saturated rings. The number of nitrogens with zero attached hydrogens (tertiary/aromatic N) is 1. The van der Waals surface area contributed by atoms with Gasteiger partial charge in [0.2, 0.25) is 11.8 Å². The Labute approximate surface area is 180 Å². The van der Waals surface area contributed by atoms with Crippen LogP contribution in [-0.4, -0.2) is 37.4 Å². The normalized spacial score (nSPS) is 16.0. The number of hydrogen-bond acceptors (Lipinski definition) is 4. The van der Waals surface area contributed by atoms with Crippen molar-refractivity contribution < 1.29 is 19.1 Å². The predicted octanol–water partition coefficient (Wildman–Crippen LogP) is 3.48. The Balaban J connectivity index is 1.74. The van der Waals surface area contributed by atoms with Gasteiger partial charge in [0.15, 0.2) is 0 Å². The van der Waals surface area contributed by atoms with Crippen molar-refractivity contribution in [1.82, 2.24) is 5.32 Å². The summed E-state index contributed by atoms with van der Waals surface area (Å²) in [4.78, 5) is 39.4. The van der Waals surface area contributed by atoms with Gasteiger partial charge in [-0.2, -0.15) is 0 Å². The van der Waals surface area contributed by atoms with Crippen LogP contribution < -0.4 is 20.3 Å². The Kier molecular flexibility index (Phi) is 6.62. The van der Waals surface area contributed by atoms with Crippen LogP contribution in [0.5, 0.6) is 5.75 Å². The molecule has 3 rings (SSSR count). The standard InChI is InChI=1S/C22H24ClN3O4/c1-13(2)24-22(29)18-9-4-15(23)11-19(18)25-21(28)14-10-20(27)26(12-14)16-5-7-17(30-3)8-6-16/h4-9,11,13-14H,10,12H2,1-3H3,(H,24,29)(H,25,28). The minimum atomic E-state index is -0.542. The lowest BCUT2D eigenvalue weighted by Gasteiger charge is -2.18. The van der Waals surface area contributed by atoms with Gasteiger partial charge in [-0.3, -0.25) is 14.4 Å². The molecule has 2 aromatic rings. The number of ether oxygens (including phenoxy) is 1. The number of benzene rings is 2. The summed E-state index contributed by atoms with van der Waals surface area (Å²) in [6.45, 7) is 3.96. The second-order valence-corrected chi connectivity index (χ2v) is 7.85. The summed E-state index contributed by atoms with van der Waals surface area (Å²) in [5.41, 5.74) is 1.34. The Morgan fingerprint density at radius 3 is 2.50 bits per heavy atom. The van der Waals surface area contributed by atoms with E-state index in [2.05, 4.69) is 10.6 Å². The SMILES string of the molecule is COc1ccc(N2CC(C(=O)Nc3cc(Cl)ccc3C(=O)NC(C)C)CC2=O)cc1. The number of nitrogens with one attached hydrogen (secondary N) is 2. The van der Waals surface area contributed by atoms with E-state index in [1.165, 1.54) is 6.07 Å². The van der Waals surface area contributed by atoms with Gasteiger partial charge in [0.1, 0.15) is 5.75 Å². The van der Waals surface area contributed by atoms with Crippen molar-refractivity contribution in [3.63, 3.8) is 0 Å². The Bertz CT molecular complexity index is 959. The van der Waals surface area contributed by atoms with Crippen LogP contribution in [-0.2, 0) is 9.59 Å². The molecule has 7 nitrogen and oxygen atoms in total. The second-order valence-electron chi connectivity index (χ2n) is 7.41. The lowest BCUT2D eigenvalue weighted by atomic mass is 10.1. The number of carbonyl (C=O) groups excluding carboxylic acids is 3. The summed E-state index contributed by atoms with van der Waals surface area (Å²) in [6, 6.07) is 11.7. The first kappa shape index (κ1) is 21.6. The highest BCUT2D eigenvalue weighted by Gasteiger charge is 2.35. The van der Waals surface area contributed by atoms with Gasteiger partial charge in [-0.1, -0.05) is 11.6 Å². The molecule has 1 atom stereocenters. The smallest absolute Gasteiger partial charge is 0.253 e. The number of amides is 3. The molecule has 1 saturated heterocycles. The zero-order valence-corrected chi connectivity index (χ0v) is 17.8.